The molecule has 1 aromatic rings. The Balaban J connectivity index is 3.31. The first kappa shape index (κ1) is 10.2. The van der Waals surface area contributed by atoms with E-state index in [1.54, 1.807) is 0 Å². The first-order valence-corrected chi connectivity index (χ1v) is 4.02. The molecule has 0 aliphatic heterocycles. The molecule has 0 saturated heterocycles. The van der Waals surface area contributed by atoms with Crippen molar-refractivity contribution in [2.75, 3.05) is 0 Å². The van der Waals surface area contributed by atoms with Crippen LogP contribution in [-0.2, 0) is 6.42 Å². The Hall–Kier alpha value is -1.91. The van der Waals surface area contributed by atoms with Crippen molar-refractivity contribution in [1.82, 2.24) is 4.98 Å². The molecule has 0 amide bonds. The Morgan fingerprint density at radius 2 is 1.93 bits per heavy atom. The smallest absolute Gasteiger partial charge is 0.355 e. The van der Waals surface area contributed by atoms with Crippen LogP contribution in [0.5, 0.6) is 0 Å². The summed E-state index contributed by atoms with van der Waals surface area (Å²) in [5.41, 5.74) is -0.126. The average Bonchev–Trinajstić information content (AvgIpc) is 2.16. The molecular formula is C9H9NO4. The Morgan fingerprint density at radius 3 is 2.36 bits per heavy atom. The zero-order valence-electron chi connectivity index (χ0n) is 7.52. The van der Waals surface area contributed by atoms with Crippen LogP contribution >= 0.6 is 0 Å². The second-order valence-electron chi connectivity index (χ2n) is 2.66. The third kappa shape index (κ3) is 1.87. The summed E-state index contributed by atoms with van der Waals surface area (Å²) in [6, 6.07) is 2.77. The molecule has 1 rings (SSSR count). The Labute approximate surface area is 80.0 Å². The summed E-state index contributed by atoms with van der Waals surface area (Å²) in [4.78, 5) is 25.0. The van der Waals surface area contributed by atoms with Crippen molar-refractivity contribution < 1.29 is 19.8 Å². The Bertz CT molecular complexity index is 386. The van der Waals surface area contributed by atoms with E-state index in [0.717, 1.165) is 0 Å². The van der Waals surface area contributed by atoms with E-state index in [9.17, 15) is 9.59 Å². The molecule has 0 atom stereocenters. The van der Waals surface area contributed by atoms with Gasteiger partial charge >= 0.3 is 11.9 Å². The number of carboxylic acids is 2. The van der Waals surface area contributed by atoms with Crippen molar-refractivity contribution in [2.24, 2.45) is 0 Å². The molecule has 1 aromatic heterocycles. The summed E-state index contributed by atoms with van der Waals surface area (Å²) in [7, 11) is 0. The average molecular weight is 195 g/mol. The molecule has 0 bridgehead atoms. The predicted molar refractivity (Wildman–Crippen MR) is 47.5 cm³/mol. The fraction of sp³-hybridized carbons (Fsp3) is 0.222. The normalized spacial score (nSPS) is 9.79. The fourth-order valence-electron chi connectivity index (χ4n) is 1.03. The van der Waals surface area contributed by atoms with Crippen LogP contribution in [0, 0.1) is 0 Å². The van der Waals surface area contributed by atoms with Crippen LogP contribution in [0.4, 0.5) is 0 Å². The van der Waals surface area contributed by atoms with Gasteiger partial charge in [-0.1, -0.05) is 6.92 Å². The molecule has 0 aliphatic rings. The first-order valence-electron chi connectivity index (χ1n) is 4.02. The number of aromatic carboxylic acids is 2. The Morgan fingerprint density at radius 1 is 1.29 bits per heavy atom. The summed E-state index contributed by atoms with van der Waals surface area (Å²) in [6.45, 7) is 1.81. The van der Waals surface area contributed by atoms with Crippen LogP contribution in [-0.4, -0.2) is 27.1 Å². The van der Waals surface area contributed by atoms with Gasteiger partial charge in [0.2, 0.25) is 0 Å². The molecule has 1 heterocycles. The molecule has 0 fully saturated rings. The highest BCUT2D eigenvalue weighted by atomic mass is 16.4. The summed E-state index contributed by atoms with van der Waals surface area (Å²) in [6.07, 6.45) is 0.570. The van der Waals surface area contributed by atoms with Gasteiger partial charge in [0.15, 0.2) is 5.69 Å². The third-order valence-electron chi connectivity index (χ3n) is 1.75. The standard InChI is InChI=1S/C9H9NO4/c1-2-5-3-4-6(8(11)12)7(10-5)9(13)14/h3-4H,2H2,1H3,(H,11,12)(H,13,14). The van der Waals surface area contributed by atoms with Gasteiger partial charge in [-0.25, -0.2) is 14.6 Å². The van der Waals surface area contributed by atoms with E-state index in [0.29, 0.717) is 12.1 Å². The van der Waals surface area contributed by atoms with Crippen molar-refractivity contribution in [1.29, 1.82) is 0 Å². The van der Waals surface area contributed by atoms with Crippen LogP contribution in [0.2, 0.25) is 0 Å². The van der Waals surface area contributed by atoms with E-state index >= 15 is 0 Å². The zero-order valence-corrected chi connectivity index (χ0v) is 7.52. The maximum atomic E-state index is 10.7. The van der Waals surface area contributed by atoms with E-state index in [1.807, 2.05) is 6.92 Å². The van der Waals surface area contributed by atoms with Gasteiger partial charge in [0.1, 0.15) is 0 Å². The number of carbonyl (C=O) groups is 2. The molecule has 0 saturated carbocycles. The van der Waals surface area contributed by atoms with Crippen LogP contribution in [0.3, 0.4) is 0 Å². The van der Waals surface area contributed by atoms with Crippen molar-refractivity contribution in [3.05, 3.63) is 29.1 Å². The van der Waals surface area contributed by atoms with Crippen LogP contribution in [0.25, 0.3) is 0 Å². The maximum absolute atomic E-state index is 10.7. The fourth-order valence-corrected chi connectivity index (χ4v) is 1.03. The molecule has 5 nitrogen and oxygen atoms in total. The van der Waals surface area contributed by atoms with Crippen molar-refractivity contribution >= 4 is 11.9 Å². The van der Waals surface area contributed by atoms with Gasteiger partial charge in [0.25, 0.3) is 0 Å². The number of rotatable bonds is 3. The number of hydrogen-bond donors (Lipinski definition) is 2. The van der Waals surface area contributed by atoms with E-state index in [4.69, 9.17) is 10.2 Å². The van der Waals surface area contributed by atoms with Crippen molar-refractivity contribution in [3.8, 4) is 0 Å². The van der Waals surface area contributed by atoms with Gasteiger partial charge in [-0.2, -0.15) is 0 Å². The number of carboxylic acid groups (broad SMARTS) is 2. The summed E-state index contributed by atoms with van der Waals surface area (Å²) < 4.78 is 0. The van der Waals surface area contributed by atoms with Crippen molar-refractivity contribution in [2.45, 2.75) is 13.3 Å². The van der Waals surface area contributed by atoms with Gasteiger partial charge < -0.3 is 10.2 Å². The van der Waals surface area contributed by atoms with Crippen LogP contribution in [0.15, 0.2) is 12.1 Å². The van der Waals surface area contributed by atoms with Gasteiger partial charge in [-0.05, 0) is 18.6 Å². The monoisotopic (exact) mass is 195 g/mol. The molecule has 74 valence electrons. The summed E-state index contributed by atoms with van der Waals surface area (Å²) in [5, 5.41) is 17.4. The van der Waals surface area contributed by atoms with Crippen LogP contribution < -0.4 is 0 Å². The lowest BCUT2D eigenvalue weighted by Gasteiger charge is -2.02. The highest BCUT2D eigenvalue weighted by molar-refractivity contribution is 6.00. The predicted octanol–water partition coefficient (Wildman–Crippen LogP) is 1.04. The molecule has 0 aliphatic carbocycles. The van der Waals surface area contributed by atoms with Crippen LogP contribution in [0.1, 0.15) is 33.5 Å². The molecule has 14 heavy (non-hydrogen) atoms. The topological polar surface area (TPSA) is 87.5 Å². The highest BCUT2D eigenvalue weighted by Crippen LogP contribution is 2.08. The quantitative estimate of drug-likeness (QED) is 0.752. The van der Waals surface area contributed by atoms with Gasteiger partial charge in [-0.3, -0.25) is 0 Å². The molecule has 5 heteroatoms. The minimum absolute atomic E-state index is 0.283. The maximum Gasteiger partial charge on any atom is 0.355 e. The van der Waals surface area contributed by atoms with E-state index in [2.05, 4.69) is 4.98 Å². The largest absolute Gasteiger partial charge is 0.478 e. The molecule has 0 aromatic carbocycles. The molecule has 0 unspecified atom stereocenters. The van der Waals surface area contributed by atoms with Gasteiger partial charge in [-0.15, -0.1) is 0 Å². The minimum Gasteiger partial charge on any atom is -0.478 e. The number of hydrogen-bond acceptors (Lipinski definition) is 3. The molecule has 0 spiro atoms. The minimum atomic E-state index is -1.32. The van der Waals surface area contributed by atoms with E-state index in [-0.39, 0.29) is 5.56 Å². The first-order chi connectivity index (χ1) is 6.56. The summed E-state index contributed by atoms with van der Waals surface area (Å²) in [5.74, 6) is -2.60. The van der Waals surface area contributed by atoms with E-state index < -0.39 is 17.6 Å². The molecular weight excluding hydrogens is 186 g/mol. The lowest BCUT2D eigenvalue weighted by Crippen LogP contribution is -2.11. The van der Waals surface area contributed by atoms with Crippen molar-refractivity contribution in [3.63, 3.8) is 0 Å². The SMILES string of the molecule is CCc1ccc(C(=O)O)c(C(=O)O)n1. The third-order valence-corrected chi connectivity index (χ3v) is 1.75. The number of pyridine rings is 1. The molecule has 0 radical (unpaired) electrons. The number of aryl methyl sites for hydroxylation is 1. The lowest BCUT2D eigenvalue weighted by molar-refractivity contribution is 0.0646. The lowest BCUT2D eigenvalue weighted by atomic mass is 10.1. The second-order valence-corrected chi connectivity index (χ2v) is 2.66. The highest BCUT2D eigenvalue weighted by Gasteiger charge is 2.17. The van der Waals surface area contributed by atoms with Gasteiger partial charge in [0, 0.05) is 5.69 Å². The number of aromatic nitrogens is 1. The number of nitrogens with zero attached hydrogens (tertiary/aromatic N) is 1. The second kappa shape index (κ2) is 3.87. The van der Waals surface area contributed by atoms with E-state index in [1.165, 1.54) is 12.1 Å². The Kier molecular flexibility index (Phi) is 2.81. The zero-order chi connectivity index (χ0) is 10.7. The summed E-state index contributed by atoms with van der Waals surface area (Å²) >= 11 is 0. The molecule has 2 N–H and O–H groups in total. The van der Waals surface area contributed by atoms with Gasteiger partial charge in [0.05, 0.1) is 5.56 Å².